The van der Waals surface area contributed by atoms with Crippen LogP contribution in [0.3, 0.4) is 0 Å². The van der Waals surface area contributed by atoms with Gasteiger partial charge in [-0.05, 0) is 48.8 Å². The lowest BCUT2D eigenvalue weighted by atomic mass is 9.31. The Bertz CT molecular complexity index is 515. The highest BCUT2D eigenvalue weighted by atomic mass is 19.1. The van der Waals surface area contributed by atoms with E-state index < -0.39 is 6.04 Å². The topological polar surface area (TPSA) is 52.3 Å². The van der Waals surface area contributed by atoms with Crippen molar-refractivity contribution in [3.05, 3.63) is 35.1 Å². The number of aryl methyl sites for hydroxylation is 1. The fraction of sp³-hybridized carbons (Fsp3) is 0.533. The summed E-state index contributed by atoms with van der Waals surface area (Å²) in [5.41, 5.74) is 7.49. The largest absolute Gasteiger partial charge is 0.468 e. The summed E-state index contributed by atoms with van der Waals surface area (Å²) in [5.74, 6) is -0.501. The van der Waals surface area contributed by atoms with Gasteiger partial charge in [-0.3, -0.25) is 4.79 Å². The minimum atomic E-state index is -0.577. The number of methoxy groups -OCH3 is 1. The third-order valence-corrected chi connectivity index (χ3v) is 4.94. The van der Waals surface area contributed by atoms with Crippen LogP contribution in [0.2, 0.25) is 0 Å². The molecule has 1 aromatic carbocycles. The van der Waals surface area contributed by atoms with Gasteiger partial charge in [-0.15, -0.1) is 0 Å². The molecule has 0 saturated heterocycles. The molecule has 2 N–H and O–H groups in total. The summed E-state index contributed by atoms with van der Waals surface area (Å²) in [6.07, 6.45) is 2.37. The lowest BCUT2D eigenvalue weighted by Crippen LogP contribution is -2.72. The van der Waals surface area contributed by atoms with Gasteiger partial charge in [0.2, 0.25) is 0 Å². The Labute approximate surface area is 111 Å². The summed E-state index contributed by atoms with van der Waals surface area (Å²) in [5, 5.41) is 0. The molecule has 1 unspecified atom stereocenters. The van der Waals surface area contributed by atoms with Crippen molar-refractivity contribution in [3.8, 4) is 0 Å². The van der Waals surface area contributed by atoms with E-state index in [1.165, 1.54) is 13.2 Å². The van der Waals surface area contributed by atoms with Gasteiger partial charge in [0.1, 0.15) is 11.9 Å². The van der Waals surface area contributed by atoms with Gasteiger partial charge in [-0.1, -0.05) is 12.1 Å². The molecule has 1 aromatic rings. The fourth-order valence-corrected chi connectivity index (χ4v) is 4.14. The maximum absolute atomic E-state index is 14.0. The van der Waals surface area contributed by atoms with Crippen LogP contribution in [0.15, 0.2) is 18.2 Å². The van der Waals surface area contributed by atoms with Gasteiger partial charge in [-0.25, -0.2) is 4.39 Å². The lowest BCUT2D eigenvalue weighted by Gasteiger charge is -2.72. The van der Waals surface area contributed by atoms with Gasteiger partial charge in [-0.2, -0.15) is 0 Å². The summed E-state index contributed by atoms with van der Waals surface area (Å²) in [6, 6.07) is 4.60. The lowest BCUT2D eigenvalue weighted by molar-refractivity contribution is -0.181. The molecule has 2 bridgehead atoms. The third-order valence-electron chi connectivity index (χ3n) is 4.94. The number of ether oxygens (including phenoxy) is 1. The summed E-state index contributed by atoms with van der Waals surface area (Å²) in [7, 11) is 1.35. The number of benzene rings is 1. The van der Waals surface area contributed by atoms with Gasteiger partial charge in [0.05, 0.1) is 7.11 Å². The predicted molar refractivity (Wildman–Crippen MR) is 69.1 cm³/mol. The molecule has 4 heteroatoms. The fourth-order valence-electron chi connectivity index (χ4n) is 4.14. The molecular weight excluding hydrogens is 245 g/mol. The first kappa shape index (κ1) is 12.6. The van der Waals surface area contributed by atoms with Crippen molar-refractivity contribution in [2.24, 2.45) is 11.1 Å². The molecule has 0 radical (unpaired) electrons. The zero-order valence-electron chi connectivity index (χ0n) is 11.2. The smallest absolute Gasteiger partial charge is 0.323 e. The zero-order valence-corrected chi connectivity index (χ0v) is 11.2. The quantitative estimate of drug-likeness (QED) is 0.849. The normalized spacial score (nSPS) is 33.1. The number of esters is 1. The molecule has 0 spiro atoms. The average Bonchev–Trinajstić information content (AvgIpc) is 2.28. The van der Waals surface area contributed by atoms with Crippen LogP contribution in [0.5, 0.6) is 0 Å². The predicted octanol–water partition coefficient (Wildman–Crippen LogP) is 2.06. The van der Waals surface area contributed by atoms with Crippen molar-refractivity contribution in [1.82, 2.24) is 0 Å². The van der Waals surface area contributed by atoms with E-state index in [1.807, 2.05) is 13.0 Å². The van der Waals surface area contributed by atoms with Crippen LogP contribution in [-0.2, 0) is 14.9 Å². The standard InChI is InChI=1S/C15H18FNO2/c1-9-4-3-5-10(16)11(9)14-6-15(7-14,8-14)12(17)13(18)19-2/h3-5,12H,6-8,17H2,1-2H3. The second kappa shape index (κ2) is 3.79. The van der Waals surface area contributed by atoms with E-state index in [9.17, 15) is 9.18 Å². The van der Waals surface area contributed by atoms with Crippen molar-refractivity contribution in [1.29, 1.82) is 0 Å². The second-order valence-electron chi connectivity index (χ2n) is 6.11. The molecule has 1 atom stereocenters. The number of halogens is 1. The summed E-state index contributed by atoms with van der Waals surface area (Å²) < 4.78 is 18.7. The zero-order chi connectivity index (χ0) is 13.8. The van der Waals surface area contributed by atoms with Gasteiger partial charge in [0, 0.05) is 5.41 Å². The van der Waals surface area contributed by atoms with Crippen molar-refractivity contribution < 1.29 is 13.9 Å². The minimum Gasteiger partial charge on any atom is -0.468 e. The van der Waals surface area contributed by atoms with Crippen molar-refractivity contribution >= 4 is 5.97 Å². The van der Waals surface area contributed by atoms with Crippen LogP contribution in [0.25, 0.3) is 0 Å². The molecule has 4 rings (SSSR count). The molecule has 3 fully saturated rings. The molecule has 3 aliphatic rings. The Morgan fingerprint density at radius 2 is 2.05 bits per heavy atom. The van der Waals surface area contributed by atoms with E-state index in [0.29, 0.717) is 0 Å². The molecule has 3 nitrogen and oxygen atoms in total. The number of nitrogens with two attached hydrogens (primary N) is 1. The van der Waals surface area contributed by atoms with Crippen molar-refractivity contribution in [3.63, 3.8) is 0 Å². The molecule has 3 saturated carbocycles. The number of hydrogen-bond acceptors (Lipinski definition) is 3. The molecule has 0 heterocycles. The van der Waals surface area contributed by atoms with Crippen LogP contribution in [-0.4, -0.2) is 19.1 Å². The Morgan fingerprint density at radius 1 is 1.42 bits per heavy atom. The maximum Gasteiger partial charge on any atom is 0.323 e. The molecule has 102 valence electrons. The molecule has 0 amide bonds. The average molecular weight is 263 g/mol. The van der Waals surface area contributed by atoms with E-state index in [0.717, 1.165) is 30.4 Å². The highest BCUT2D eigenvalue weighted by Gasteiger charge is 2.72. The van der Waals surface area contributed by atoms with Crippen molar-refractivity contribution in [2.75, 3.05) is 7.11 Å². The number of rotatable bonds is 3. The number of carbonyl (C=O) groups excluding carboxylic acids is 1. The Morgan fingerprint density at radius 3 is 2.58 bits per heavy atom. The molecule has 3 aliphatic carbocycles. The van der Waals surface area contributed by atoms with E-state index in [1.54, 1.807) is 6.07 Å². The van der Waals surface area contributed by atoms with Crippen molar-refractivity contribution in [2.45, 2.75) is 37.6 Å². The first-order valence-electron chi connectivity index (χ1n) is 6.53. The van der Waals surface area contributed by atoms with Gasteiger partial charge < -0.3 is 10.5 Å². The number of hydrogen-bond donors (Lipinski definition) is 1. The third kappa shape index (κ3) is 1.49. The number of carbonyl (C=O) groups is 1. The maximum atomic E-state index is 14.0. The molecule has 0 aliphatic heterocycles. The highest BCUT2D eigenvalue weighted by Crippen LogP contribution is 2.75. The summed E-state index contributed by atoms with van der Waals surface area (Å²) in [4.78, 5) is 11.5. The summed E-state index contributed by atoms with van der Waals surface area (Å²) >= 11 is 0. The molecule has 0 aromatic heterocycles. The molecule has 19 heavy (non-hydrogen) atoms. The van der Waals surface area contributed by atoms with Crippen LogP contribution in [0, 0.1) is 18.2 Å². The van der Waals surface area contributed by atoms with Crippen LogP contribution < -0.4 is 5.73 Å². The minimum absolute atomic E-state index is 0.0962. The van der Waals surface area contributed by atoms with E-state index >= 15 is 0 Å². The second-order valence-corrected chi connectivity index (χ2v) is 6.11. The van der Waals surface area contributed by atoms with Gasteiger partial charge in [0.15, 0.2) is 0 Å². The van der Waals surface area contributed by atoms with E-state index in [2.05, 4.69) is 0 Å². The Hall–Kier alpha value is -1.42. The van der Waals surface area contributed by atoms with Crippen LogP contribution >= 0.6 is 0 Å². The van der Waals surface area contributed by atoms with Crippen LogP contribution in [0.1, 0.15) is 30.4 Å². The SMILES string of the molecule is COC(=O)C(N)C12CC(c3c(C)cccc3F)(C1)C2. The highest BCUT2D eigenvalue weighted by molar-refractivity contribution is 5.78. The van der Waals surface area contributed by atoms with E-state index in [4.69, 9.17) is 10.5 Å². The van der Waals surface area contributed by atoms with E-state index in [-0.39, 0.29) is 22.6 Å². The Balaban J connectivity index is 1.82. The van der Waals surface area contributed by atoms with Crippen LogP contribution in [0.4, 0.5) is 4.39 Å². The van der Waals surface area contributed by atoms with Gasteiger partial charge in [0.25, 0.3) is 0 Å². The van der Waals surface area contributed by atoms with Gasteiger partial charge >= 0.3 is 5.97 Å². The monoisotopic (exact) mass is 263 g/mol. The molecular formula is C15H18FNO2. The first-order chi connectivity index (χ1) is 8.94. The Kier molecular flexibility index (Phi) is 2.52. The summed E-state index contributed by atoms with van der Waals surface area (Å²) in [6.45, 7) is 1.94. The first-order valence-corrected chi connectivity index (χ1v) is 6.53.